The Morgan fingerprint density at radius 2 is 2.10 bits per heavy atom. The van der Waals surface area contributed by atoms with E-state index in [2.05, 4.69) is 20.4 Å². The summed E-state index contributed by atoms with van der Waals surface area (Å²) in [5.41, 5.74) is -0.0945. The number of rotatable bonds is 5. The van der Waals surface area contributed by atoms with E-state index in [0.29, 0.717) is 18.8 Å². The molecule has 0 aromatic carbocycles. The molecule has 0 aliphatic carbocycles. The number of aryl methyl sites for hydroxylation is 1. The molecule has 2 heterocycles. The highest BCUT2D eigenvalue weighted by atomic mass is 16.4. The number of hydrogen-bond donors (Lipinski definition) is 2. The van der Waals surface area contributed by atoms with Gasteiger partial charge in [-0.1, -0.05) is 6.07 Å². The second kappa shape index (κ2) is 5.91. The van der Waals surface area contributed by atoms with Crippen molar-refractivity contribution in [1.29, 1.82) is 0 Å². The molecule has 2 rings (SSSR count). The Balaban J connectivity index is 1.91. The van der Waals surface area contributed by atoms with Gasteiger partial charge in [-0.25, -0.2) is 14.8 Å². The number of carbonyl (C=O) groups excluding carboxylic acids is 1. The largest absolute Gasteiger partial charge is 0.477 e. The summed E-state index contributed by atoms with van der Waals surface area (Å²) in [4.78, 5) is 30.4. The first kappa shape index (κ1) is 13.7. The number of nitrogens with zero attached hydrogens (tertiary/aromatic N) is 4. The van der Waals surface area contributed by atoms with E-state index in [-0.39, 0.29) is 11.4 Å². The van der Waals surface area contributed by atoms with Gasteiger partial charge in [0.25, 0.3) is 5.91 Å². The smallest absolute Gasteiger partial charge is 0.354 e. The summed E-state index contributed by atoms with van der Waals surface area (Å²) in [6, 6.07) is 4.27. The summed E-state index contributed by atoms with van der Waals surface area (Å²) < 4.78 is 1.58. The van der Waals surface area contributed by atoms with Gasteiger partial charge in [0, 0.05) is 20.0 Å². The molecule has 0 aliphatic rings. The molecule has 8 nitrogen and oxygen atoms in total. The van der Waals surface area contributed by atoms with Crippen molar-refractivity contribution in [3.8, 4) is 0 Å². The first-order valence-corrected chi connectivity index (χ1v) is 5.89. The monoisotopic (exact) mass is 275 g/mol. The number of carbonyl (C=O) groups is 2. The van der Waals surface area contributed by atoms with Crippen molar-refractivity contribution in [3.63, 3.8) is 0 Å². The second-order valence-corrected chi connectivity index (χ2v) is 4.05. The van der Waals surface area contributed by atoms with Gasteiger partial charge in [0.2, 0.25) is 0 Å². The van der Waals surface area contributed by atoms with Gasteiger partial charge in [-0.05, 0) is 12.1 Å². The first-order chi connectivity index (χ1) is 9.56. The van der Waals surface area contributed by atoms with Crippen molar-refractivity contribution in [2.45, 2.75) is 6.42 Å². The Labute approximate surface area is 114 Å². The van der Waals surface area contributed by atoms with E-state index in [9.17, 15) is 9.59 Å². The van der Waals surface area contributed by atoms with Gasteiger partial charge in [-0.2, -0.15) is 5.10 Å². The topological polar surface area (TPSA) is 110 Å². The summed E-state index contributed by atoms with van der Waals surface area (Å²) in [6.45, 7) is 0.349. The maximum atomic E-state index is 11.8. The van der Waals surface area contributed by atoms with E-state index in [1.807, 2.05) is 0 Å². The summed E-state index contributed by atoms with van der Waals surface area (Å²) in [5, 5.41) is 15.5. The molecule has 0 spiro atoms. The Kier molecular flexibility index (Phi) is 4.04. The van der Waals surface area contributed by atoms with E-state index >= 15 is 0 Å². The third-order valence-corrected chi connectivity index (χ3v) is 2.48. The van der Waals surface area contributed by atoms with Gasteiger partial charge in [-0.3, -0.25) is 9.48 Å². The maximum absolute atomic E-state index is 11.8. The van der Waals surface area contributed by atoms with Crippen LogP contribution in [-0.4, -0.2) is 43.3 Å². The number of amides is 1. The lowest BCUT2D eigenvalue weighted by Gasteiger charge is -2.03. The average Bonchev–Trinajstić information content (AvgIpc) is 2.84. The third-order valence-electron chi connectivity index (χ3n) is 2.48. The minimum absolute atomic E-state index is 0.0684. The molecule has 104 valence electrons. The number of aromatic nitrogens is 4. The molecule has 0 atom stereocenters. The number of carboxylic acid groups (broad SMARTS) is 1. The van der Waals surface area contributed by atoms with Crippen molar-refractivity contribution >= 4 is 11.9 Å². The van der Waals surface area contributed by atoms with Crippen LogP contribution < -0.4 is 5.32 Å². The zero-order valence-electron chi connectivity index (χ0n) is 10.8. The molecule has 0 aliphatic heterocycles. The highest BCUT2D eigenvalue weighted by molar-refractivity contribution is 5.94. The van der Waals surface area contributed by atoms with E-state index in [1.54, 1.807) is 18.1 Å². The number of carboxylic acids is 1. The lowest BCUT2D eigenvalue weighted by molar-refractivity contribution is 0.0690. The number of hydrogen-bond acceptors (Lipinski definition) is 5. The van der Waals surface area contributed by atoms with Crippen LogP contribution in [0.25, 0.3) is 0 Å². The van der Waals surface area contributed by atoms with Crippen LogP contribution in [0.1, 0.15) is 26.8 Å². The van der Waals surface area contributed by atoms with Crippen LogP contribution in [0.4, 0.5) is 0 Å². The standard InChI is InChI=1S/C12H13N5O3/c1-17-7-14-10(16-17)5-6-13-11(18)8-3-2-4-9(15-8)12(19)20/h2-4,7H,5-6H2,1H3,(H,13,18)(H,19,20). The van der Waals surface area contributed by atoms with Crippen molar-refractivity contribution in [2.24, 2.45) is 7.05 Å². The molecule has 0 unspecified atom stereocenters. The van der Waals surface area contributed by atoms with E-state index in [1.165, 1.54) is 18.2 Å². The minimum Gasteiger partial charge on any atom is -0.477 e. The summed E-state index contributed by atoms with van der Waals surface area (Å²) in [6.07, 6.45) is 2.07. The van der Waals surface area contributed by atoms with Crippen LogP contribution in [0.5, 0.6) is 0 Å². The lowest BCUT2D eigenvalue weighted by atomic mass is 10.3. The van der Waals surface area contributed by atoms with Crippen molar-refractivity contribution in [2.75, 3.05) is 6.54 Å². The number of pyridine rings is 1. The average molecular weight is 275 g/mol. The van der Waals surface area contributed by atoms with E-state index in [4.69, 9.17) is 5.11 Å². The zero-order valence-corrected chi connectivity index (χ0v) is 10.8. The molecule has 2 N–H and O–H groups in total. The van der Waals surface area contributed by atoms with Gasteiger partial charge >= 0.3 is 5.97 Å². The van der Waals surface area contributed by atoms with E-state index < -0.39 is 11.9 Å². The predicted molar refractivity (Wildman–Crippen MR) is 68.2 cm³/mol. The van der Waals surface area contributed by atoms with Gasteiger partial charge in [0.15, 0.2) is 5.82 Å². The van der Waals surface area contributed by atoms with Gasteiger partial charge < -0.3 is 10.4 Å². The van der Waals surface area contributed by atoms with Crippen molar-refractivity contribution in [3.05, 3.63) is 41.7 Å². The lowest BCUT2D eigenvalue weighted by Crippen LogP contribution is -2.27. The predicted octanol–water partition coefficient (Wildman–Crippen LogP) is -0.119. The fourth-order valence-corrected chi connectivity index (χ4v) is 1.56. The first-order valence-electron chi connectivity index (χ1n) is 5.89. The molecular formula is C12H13N5O3. The molecule has 2 aromatic heterocycles. The van der Waals surface area contributed by atoms with Crippen LogP contribution in [0.3, 0.4) is 0 Å². The highest BCUT2D eigenvalue weighted by Crippen LogP contribution is 1.99. The van der Waals surface area contributed by atoms with Crippen LogP contribution >= 0.6 is 0 Å². The van der Waals surface area contributed by atoms with Crippen molar-refractivity contribution in [1.82, 2.24) is 25.1 Å². The third kappa shape index (κ3) is 3.37. The normalized spacial score (nSPS) is 10.2. The maximum Gasteiger partial charge on any atom is 0.354 e. The van der Waals surface area contributed by atoms with Crippen LogP contribution in [-0.2, 0) is 13.5 Å². The van der Waals surface area contributed by atoms with E-state index in [0.717, 1.165) is 0 Å². The molecule has 0 saturated carbocycles. The number of aromatic carboxylic acids is 1. The molecule has 8 heteroatoms. The number of nitrogens with one attached hydrogen (secondary N) is 1. The second-order valence-electron chi connectivity index (χ2n) is 4.05. The summed E-state index contributed by atoms with van der Waals surface area (Å²) in [7, 11) is 1.76. The highest BCUT2D eigenvalue weighted by Gasteiger charge is 2.11. The fraction of sp³-hybridized carbons (Fsp3) is 0.250. The Morgan fingerprint density at radius 1 is 1.35 bits per heavy atom. The quantitative estimate of drug-likeness (QED) is 0.787. The molecule has 0 bridgehead atoms. The molecule has 20 heavy (non-hydrogen) atoms. The molecule has 0 radical (unpaired) electrons. The molecule has 0 fully saturated rings. The SMILES string of the molecule is Cn1cnc(CCNC(=O)c2cccc(C(=O)O)n2)n1. The van der Waals surface area contributed by atoms with Crippen LogP contribution in [0.15, 0.2) is 24.5 Å². The fourth-order valence-electron chi connectivity index (χ4n) is 1.56. The van der Waals surface area contributed by atoms with Crippen LogP contribution in [0, 0.1) is 0 Å². The summed E-state index contributed by atoms with van der Waals surface area (Å²) >= 11 is 0. The summed E-state index contributed by atoms with van der Waals surface area (Å²) in [5.74, 6) is -0.971. The zero-order chi connectivity index (χ0) is 14.5. The van der Waals surface area contributed by atoms with Gasteiger partial charge in [0.05, 0.1) is 0 Å². The van der Waals surface area contributed by atoms with Crippen LogP contribution in [0.2, 0.25) is 0 Å². The molecule has 2 aromatic rings. The molecule has 0 saturated heterocycles. The Hall–Kier alpha value is -2.77. The Morgan fingerprint density at radius 3 is 2.75 bits per heavy atom. The van der Waals surface area contributed by atoms with Gasteiger partial charge in [0.1, 0.15) is 17.7 Å². The van der Waals surface area contributed by atoms with Gasteiger partial charge in [-0.15, -0.1) is 0 Å². The van der Waals surface area contributed by atoms with Crippen molar-refractivity contribution < 1.29 is 14.7 Å². The Bertz CT molecular complexity index is 638. The molecular weight excluding hydrogens is 262 g/mol. The molecule has 1 amide bonds. The minimum atomic E-state index is -1.17.